The molecule has 104 valence electrons. The monoisotopic (exact) mass is 264 g/mol. The number of carboxylic acids is 1. The fourth-order valence-electron chi connectivity index (χ4n) is 2.34. The van der Waals surface area contributed by atoms with Crippen LogP contribution < -0.4 is 15.0 Å². The van der Waals surface area contributed by atoms with Crippen LogP contribution in [-0.2, 0) is 4.79 Å². The Kier molecular flexibility index (Phi) is 4.63. The third-order valence-corrected chi connectivity index (χ3v) is 3.40. The lowest BCUT2D eigenvalue weighted by molar-refractivity contribution is -0.136. The normalized spacial score (nSPS) is 18.6. The summed E-state index contributed by atoms with van der Waals surface area (Å²) in [6.45, 7) is 2.46. The number of nitrogens with one attached hydrogen (secondary N) is 1. The van der Waals surface area contributed by atoms with Gasteiger partial charge in [-0.3, -0.25) is 4.79 Å². The lowest BCUT2D eigenvalue weighted by Crippen LogP contribution is -2.33. The first-order valence-corrected chi connectivity index (χ1v) is 6.53. The maximum atomic E-state index is 10.5. The standard InChI is InChI=1S/C14H20N2O3/c1-19-13-4-2-12(3-5-13)16-9-7-11(10-16)15-8-6-14(17)18/h2-5,11,15H,6-10H2,1H3,(H,17,18). The van der Waals surface area contributed by atoms with Crippen molar-refractivity contribution in [3.8, 4) is 5.75 Å². The minimum absolute atomic E-state index is 0.180. The minimum Gasteiger partial charge on any atom is -0.497 e. The molecule has 1 saturated heterocycles. The Morgan fingerprint density at radius 2 is 2.21 bits per heavy atom. The summed E-state index contributed by atoms with van der Waals surface area (Å²) in [4.78, 5) is 12.8. The first-order valence-electron chi connectivity index (χ1n) is 6.53. The van der Waals surface area contributed by atoms with E-state index in [0.29, 0.717) is 12.6 Å². The number of methoxy groups -OCH3 is 1. The molecule has 1 aromatic carbocycles. The van der Waals surface area contributed by atoms with Crippen LogP contribution in [0.2, 0.25) is 0 Å². The highest BCUT2D eigenvalue weighted by Gasteiger charge is 2.22. The molecule has 0 saturated carbocycles. The van der Waals surface area contributed by atoms with Gasteiger partial charge in [0.05, 0.1) is 13.5 Å². The van der Waals surface area contributed by atoms with Crippen molar-refractivity contribution in [2.45, 2.75) is 18.9 Å². The highest BCUT2D eigenvalue weighted by Crippen LogP contribution is 2.23. The number of aliphatic carboxylic acids is 1. The Labute approximate surface area is 113 Å². The topological polar surface area (TPSA) is 61.8 Å². The molecular formula is C14H20N2O3. The Morgan fingerprint density at radius 3 is 2.84 bits per heavy atom. The van der Waals surface area contributed by atoms with E-state index in [2.05, 4.69) is 22.3 Å². The van der Waals surface area contributed by atoms with Crippen LogP contribution in [0.25, 0.3) is 0 Å². The van der Waals surface area contributed by atoms with E-state index in [1.807, 2.05) is 12.1 Å². The fourth-order valence-corrected chi connectivity index (χ4v) is 2.34. The predicted molar refractivity (Wildman–Crippen MR) is 73.9 cm³/mol. The first-order chi connectivity index (χ1) is 9.19. The van der Waals surface area contributed by atoms with Crippen molar-refractivity contribution in [3.05, 3.63) is 24.3 Å². The molecule has 2 N–H and O–H groups in total. The second kappa shape index (κ2) is 6.43. The van der Waals surface area contributed by atoms with E-state index in [1.165, 1.54) is 5.69 Å². The zero-order valence-corrected chi connectivity index (χ0v) is 11.1. The minimum atomic E-state index is -0.752. The number of benzene rings is 1. The van der Waals surface area contributed by atoms with Gasteiger partial charge >= 0.3 is 5.97 Å². The van der Waals surface area contributed by atoms with Crippen molar-refractivity contribution in [3.63, 3.8) is 0 Å². The zero-order valence-electron chi connectivity index (χ0n) is 11.1. The van der Waals surface area contributed by atoms with Crippen LogP contribution in [0.15, 0.2) is 24.3 Å². The maximum absolute atomic E-state index is 10.5. The van der Waals surface area contributed by atoms with Gasteiger partial charge in [0.1, 0.15) is 5.75 Å². The quantitative estimate of drug-likeness (QED) is 0.812. The third-order valence-electron chi connectivity index (χ3n) is 3.40. The first kappa shape index (κ1) is 13.7. The molecule has 1 heterocycles. The number of hydrogen-bond acceptors (Lipinski definition) is 4. The number of nitrogens with zero attached hydrogens (tertiary/aromatic N) is 1. The van der Waals surface area contributed by atoms with Gasteiger partial charge in [-0.25, -0.2) is 0 Å². The predicted octanol–water partition coefficient (Wildman–Crippen LogP) is 1.34. The van der Waals surface area contributed by atoms with Gasteiger partial charge in [-0.05, 0) is 30.7 Å². The number of carboxylic acid groups (broad SMARTS) is 1. The van der Waals surface area contributed by atoms with E-state index < -0.39 is 5.97 Å². The molecule has 0 aliphatic carbocycles. The number of hydrogen-bond donors (Lipinski definition) is 2. The SMILES string of the molecule is COc1ccc(N2CCC(NCCC(=O)O)C2)cc1. The van der Waals surface area contributed by atoms with Crippen LogP contribution in [0.3, 0.4) is 0 Å². The van der Waals surface area contributed by atoms with E-state index in [4.69, 9.17) is 9.84 Å². The Hall–Kier alpha value is -1.75. The van der Waals surface area contributed by atoms with Gasteiger partial charge in [-0.15, -0.1) is 0 Å². The van der Waals surface area contributed by atoms with Crippen molar-refractivity contribution in [1.82, 2.24) is 5.32 Å². The second-order valence-corrected chi connectivity index (χ2v) is 4.73. The van der Waals surface area contributed by atoms with Gasteiger partial charge < -0.3 is 20.1 Å². The van der Waals surface area contributed by atoms with E-state index in [9.17, 15) is 4.79 Å². The smallest absolute Gasteiger partial charge is 0.304 e. The van der Waals surface area contributed by atoms with Crippen LogP contribution in [0.4, 0.5) is 5.69 Å². The molecular weight excluding hydrogens is 244 g/mol. The molecule has 0 amide bonds. The molecule has 0 aromatic heterocycles. The maximum Gasteiger partial charge on any atom is 0.304 e. The van der Waals surface area contributed by atoms with Crippen molar-refractivity contribution >= 4 is 11.7 Å². The van der Waals surface area contributed by atoms with Crippen molar-refractivity contribution in [1.29, 1.82) is 0 Å². The molecule has 1 unspecified atom stereocenters. The molecule has 5 heteroatoms. The molecule has 1 aromatic rings. The molecule has 19 heavy (non-hydrogen) atoms. The van der Waals surface area contributed by atoms with Crippen LogP contribution in [0, 0.1) is 0 Å². The van der Waals surface area contributed by atoms with Gasteiger partial charge in [0.2, 0.25) is 0 Å². The fraction of sp³-hybridized carbons (Fsp3) is 0.500. The Morgan fingerprint density at radius 1 is 1.47 bits per heavy atom. The summed E-state index contributed by atoms with van der Waals surface area (Å²) < 4.78 is 5.14. The summed E-state index contributed by atoms with van der Waals surface area (Å²) in [5.41, 5.74) is 1.18. The average Bonchev–Trinajstić information content (AvgIpc) is 2.87. The van der Waals surface area contributed by atoms with E-state index in [1.54, 1.807) is 7.11 Å². The molecule has 0 spiro atoms. The van der Waals surface area contributed by atoms with E-state index in [-0.39, 0.29) is 6.42 Å². The van der Waals surface area contributed by atoms with Gasteiger partial charge in [0, 0.05) is 31.4 Å². The number of rotatable bonds is 6. The molecule has 0 radical (unpaired) electrons. The highest BCUT2D eigenvalue weighted by molar-refractivity contribution is 5.66. The van der Waals surface area contributed by atoms with Crippen LogP contribution >= 0.6 is 0 Å². The van der Waals surface area contributed by atoms with E-state index in [0.717, 1.165) is 25.3 Å². The van der Waals surface area contributed by atoms with Crippen molar-refractivity contribution in [2.75, 3.05) is 31.6 Å². The molecule has 1 aliphatic heterocycles. The molecule has 1 fully saturated rings. The van der Waals surface area contributed by atoms with Crippen molar-refractivity contribution in [2.24, 2.45) is 0 Å². The van der Waals surface area contributed by atoms with Gasteiger partial charge in [-0.2, -0.15) is 0 Å². The third kappa shape index (κ3) is 3.86. The van der Waals surface area contributed by atoms with Gasteiger partial charge in [0.15, 0.2) is 0 Å². The van der Waals surface area contributed by atoms with Gasteiger partial charge in [0.25, 0.3) is 0 Å². The summed E-state index contributed by atoms with van der Waals surface area (Å²) in [6.07, 6.45) is 1.23. The lowest BCUT2D eigenvalue weighted by atomic mass is 10.2. The molecule has 1 aliphatic rings. The molecule has 5 nitrogen and oxygen atoms in total. The van der Waals surface area contributed by atoms with Crippen molar-refractivity contribution < 1.29 is 14.6 Å². The summed E-state index contributed by atoms with van der Waals surface area (Å²) in [6, 6.07) is 8.40. The summed E-state index contributed by atoms with van der Waals surface area (Å²) in [7, 11) is 1.66. The summed E-state index contributed by atoms with van der Waals surface area (Å²) >= 11 is 0. The zero-order chi connectivity index (χ0) is 13.7. The molecule has 2 rings (SSSR count). The van der Waals surface area contributed by atoms with E-state index >= 15 is 0 Å². The van der Waals surface area contributed by atoms with Crippen LogP contribution in [0.1, 0.15) is 12.8 Å². The number of carbonyl (C=O) groups is 1. The number of ether oxygens (including phenoxy) is 1. The highest BCUT2D eigenvalue weighted by atomic mass is 16.5. The average molecular weight is 264 g/mol. The Bertz CT molecular complexity index is 419. The van der Waals surface area contributed by atoms with Gasteiger partial charge in [-0.1, -0.05) is 0 Å². The largest absolute Gasteiger partial charge is 0.497 e. The van der Waals surface area contributed by atoms with Crippen LogP contribution in [-0.4, -0.2) is 43.9 Å². The van der Waals surface area contributed by atoms with Crippen LogP contribution in [0.5, 0.6) is 5.75 Å². The summed E-state index contributed by atoms with van der Waals surface area (Å²) in [5.74, 6) is 0.108. The lowest BCUT2D eigenvalue weighted by Gasteiger charge is -2.19. The second-order valence-electron chi connectivity index (χ2n) is 4.73. The number of anilines is 1. The Balaban J connectivity index is 1.81. The molecule has 1 atom stereocenters. The summed E-state index contributed by atoms with van der Waals surface area (Å²) in [5, 5.41) is 11.9. The molecule has 0 bridgehead atoms.